The molecule has 1 saturated carbocycles. The summed E-state index contributed by atoms with van der Waals surface area (Å²) in [7, 11) is 0. The Bertz CT molecular complexity index is 1320. The zero-order valence-corrected chi connectivity index (χ0v) is 28.9. The van der Waals surface area contributed by atoms with Gasteiger partial charge in [0.05, 0.1) is 17.6 Å². The van der Waals surface area contributed by atoms with Gasteiger partial charge in [-0.05, 0) is 41.4 Å². The van der Waals surface area contributed by atoms with Gasteiger partial charge in [0.25, 0.3) is 11.8 Å². The van der Waals surface area contributed by atoms with Crippen LogP contribution in [0.2, 0.25) is 0 Å². The lowest BCUT2D eigenvalue weighted by Crippen LogP contribution is -2.62. The second kappa shape index (κ2) is 15.2. The summed E-state index contributed by atoms with van der Waals surface area (Å²) in [5.41, 5.74) is 4.35. The average Bonchev–Trinajstić information content (AvgIpc) is 3.68. The number of hydrogen-bond donors (Lipinski definition) is 5. The number of primary amides is 1. The van der Waals surface area contributed by atoms with Crippen LogP contribution < -0.4 is 27.0 Å². The van der Waals surface area contributed by atoms with Gasteiger partial charge in [0.1, 0.15) is 18.4 Å². The molecular formula is C33H52N8O6. The molecule has 1 aromatic rings. The average molecular weight is 657 g/mol. The fourth-order valence-corrected chi connectivity index (χ4v) is 5.88. The van der Waals surface area contributed by atoms with Crippen molar-refractivity contribution in [2.75, 3.05) is 13.1 Å². The van der Waals surface area contributed by atoms with Crippen LogP contribution in [0.5, 0.6) is 0 Å². The lowest BCUT2D eigenvalue weighted by atomic mass is 9.84. The first kappa shape index (κ1) is 37.4. The van der Waals surface area contributed by atoms with E-state index in [1.54, 1.807) is 0 Å². The molecule has 5 atom stereocenters. The third kappa shape index (κ3) is 10.2. The summed E-state index contributed by atoms with van der Waals surface area (Å²) in [6.45, 7) is 15.5. The van der Waals surface area contributed by atoms with Crippen LogP contribution in [0, 0.1) is 28.6 Å². The minimum Gasteiger partial charge on any atom is -0.363 e. The highest BCUT2D eigenvalue weighted by molar-refractivity contribution is 6.37. The number of hydrogen-bond acceptors (Lipinski definition) is 8. The van der Waals surface area contributed by atoms with Gasteiger partial charge in [0.2, 0.25) is 17.6 Å². The maximum Gasteiger partial charge on any atom is 0.315 e. The summed E-state index contributed by atoms with van der Waals surface area (Å²) in [6, 6.07) is -4.10. The lowest BCUT2D eigenvalue weighted by molar-refractivity contribution is -0.144. The molecule has 1 aromatic heterocycles. The highest BCUT2D eigenvalue weighted by Crippen LogP contribution is 2.35. The first-order chi connectivity index (χ1) is 21.8. The molecule has 14 heteroatoms. The smallest absolute Gasteiger partial charge is 0.315 e. The van der Waals surface area contributed by atoms with Crippen molar-refractivity contribution in [1.29, 1.82) is 0 Å². The fourth-order valence-electron chi connectivity index (χ4n) is 5.88. The van der Waals surface area contributed by atoms with Gasteiger partial charge in [-0.25, -0.2) is 14.8 Å². The molecule has 6 amide bonds. The molecule has 1 aliphatic carbocycles. The molecule has 260 valence electrons. The monoisotopic (exact) mass is 656 g/mol. The normalized spacial score (nSPS) is 20.1. The quantitative estimate of drug-likeness (QED) is 0.197. The molecule has 47 heavy (non-hydrogen) atoms. The van der Waals surface area contributed by atoms with Crippen LogP contribution in [0.15, 0.2) is 18.7 Å². The molecule has 0 radical (unpaired) electrons. The van der Waals surface area contributed by atoms with Gasteiger partial charge >= 0.3 is 6.03 Å². The molecular weight excluding hydrogens is 604 g/mol. The van der Waals surface area contributed by atoms with Crippen molar-refractivity contribution in [2.24, 2.45) is 34.3 Å². The zero-order chi connectivity index (χ0) is 35.3. The van der Waals surface area contributed by atoms with Crippen LogP contribution in [0.25, 0.3) is 0 Å². The van der Waals surface area contributed by atoms with Crippen LogP contribution in [-0.4, -0.2) is 87.6 Å². The molecule has 6 N–H and O–H groups in total. The number of aromatic nitrogens is 2. The van der Waals surface area contributed by atoms with E-state index in [9.17, 15) is 28.8 Å². The Morgan fingerprint density at radius 3 is 2.04 bits per heavy atom. The molecule has 1 saturated heterocycles. The molecule has 3 rings (SSSR count). The van der Waals surface area contributed by atoms with Crippen molar-refractivity contribution in [1.82, 2.24) is 36.1 Å². The Morgan fingerprint density at radius 1 is 0.915 bits per heavy atom. The zero-order valence-electron chi connectivity index (χ0n) is 28.9. The number of likely N-dealkylation sites (tertiary alicyclic amines) is 1. The molecule has 14 nitrogen and oxygen atoms in total. The highest BCUT2D eigenvalue weighted by Gasteiger charge is 2.48. The third-order valence-electron chi connectivity index (χ3n) is 9.02. The Hall–Kier alpha value is -4.10. The van der Waals surface area contributed by atoms with Crippen LogP contribution in [0.3, 0.4) is 0 Å². The van der Waals surface area contributed by atoms with Crippen molar-refractivity contribution in [3.8, 4) is 0 Å². The van der Waals surface area contributed by atoms with E-state index in [0.717, 1.165) is 12.8 Å². The second-order valence-electron chi connectivity index (χ2n) is 15.3. The van der Waals surface area contributed by atoms with E-state index in [1.165, 1.54) is 23.6 Å². The fraction of sp³-hybridized carbons (Fsp3) is 0.697. The number of carbonyl (C=O) groups excluding carboxylic acids is 6. The van der Waals surface area contributed by atoms with Crippen molar-refractivity contribution in [2.45, 2.75) is 105 Å². The number of rotatable bonds is 13. The van der Waals surface area contributed by atoms with E-state index < -0.39 is 64.5 Å². The van der Waals surface area contributed by atoms with E-state index in [2.05, 4.69) is 31.2 Å². The Balaban J connectivity index is 1.78. The van der Waals surface area contributed by atoms with Gasteiger partial charge in [-0.15, -0.1) is 0 Å². The van der Waals surface area contributed by atoms with Gasteiger partial charge in [-0.2, -0.15) is 0 Å². The molecule has 2 aliphatic rings. The molecule has 0 aromatic carbocycles. The minimum absolute atomic E-state index is 0.0341. The van der Waals surface area contributed by atoms with Crippen LogP contribution in [0.4, 0.5) is 4.79 Å². The summed E-state index contributed by atoms with van der Waals surface area (Å²) < 4.78 is 0. The molecule has 1 aliphatic heterocycles. The van der Waals surface area contributed by atoms with Gasteiger partial charge in [0.15, 0.2) is 0 Å². The van der Waals surface area contributed by atoms with Gasteiger partial charge in [-0.3, -0.25) is 24.0 Å². The topological polar surface area (TPSA) is 206 Å². The number of Topliss-reactive ketones (excluding diaryl/α,β-unsaturated/α-hetero) is 1. The highest BCUT2D eigenvalue weighted by atomic mass is 16.2. The lowest BCUT2D eigenvalue weighted by Gasteiger charge is -2.38. The van der Waals surface area contributed by atoms with E-state index in [0.29, 0.717) is 12.8 Å². The van der Waals surface area contributed by atoms with E-state index in [4.69, 9.17) is 5.73 Å². The first-order valence-electron chi connectivity index (χ1n) is 16.4. The number of nitrogens with one attached hydrogen (secondary N) is 4. The standard InChI is InChI=1S/C33H52N8O6/c1-18(2)21-11-12-41(24(21)29(45)38-22(13-19-9-10-19)25(42)27(34)43)30(46)26(33(6,7)8)40-31(47)39-23(32(3,4)5)16-37-28(44)20-14-35-17-36-15-20/h14-15,17-19,21-24,26H,9-13,16H2,1-8H3,(H2,34,43)(H,37,44)(H,38,45)(H2,39,40,47)/t21?,22?,23-,24+,26-/m1/s1. The Kier molecular flexibility index (Phi) is 12.1. The first-order valence-corrected chi connectivity index (χ1v) is 16.4. The molecule has 2 heterocycles. The van der Waals surface area contributed by atoms with Crippen molar-refractivity contribution < 1.29 is 28.8 Å². The van der Waals surface area contributed by atoms with E-state index >= 15 is 0 Å². The maximum absolute atomic E-state index is 14.3. The summed E-state index contributed by atoms with van der Waals surface area (Å²) in [4.78, 5) is 87.8. The SMILES string of the molecule is CC(C)C1CCN(C(=O)[C@@H](NC(=O)N[C@H](CNC(=O)c2cncnc2)C(C)(C)C)C(C)(C)C)[C@@H]1C(=O)NC(CC1CC1)C(=O)C(N)=O. The number of carbonyl (C=O) groups is 6. The number of nitrogens with zero attached hydrogens (tertiary/aromatic N) is 3. The van der Waals surface area contributed by atoms with Crippen molar-refractivity contribution in [3.63, 3.8) is 0 Å². The van der Waals surface area contributed by atoms with Crippen molar-refractivity contribution in [3.05, 3.63) is 24.3 Å². The summed E-state index contributed by atoms with van der Waals surface area (Å²) in [6.07, 6.45) is 6.81. The summed E-state index contributed by atoms with van der Waals surface area (Å²) in [5.74, 6) is -3.24. The Labute approximate surface area is 277 Å². The van der Waals surface area contributed by atoms with Crippen molar-refractivity contribution >= 4 is 35.4 Å². The molecule has 2 fully saturated rings. The predicted octanol–water partition coefficient (Wildman–Crippen LogP) is 1.55. The van der Waals surface area contributed by atoms with Gasteiger partial charge < -0.3 is 31.9 Å². The molecule has 0 spiro atoms. The number of nitrogens with two attached hydrogens (primary N) is 1. The summed E-state index contributed by atoms with van der Waals surface area (Å²) in [5, 5.41) is 11.3. The predicted molar refractivity (Wildman–Crippen MR) is 174 cm³/mol. The van der Waals surface area contributed by atoms with Crippen LogP contribution in [0.1, 0.15) is 91.4 Å². The number of ketones is 1. The van der Waals surface area contributed by atoms with Gasteiger partial charge in [-0.1, -0.05) is 68.2 Å². The Morgan fingerprint density at radius 2 is 1.53 bits per heavy atom. The second-order valence-corrected chi connectivity index (χ2v) is 15.3. The molecule has 2 unspecified atom stereocenters. The van der Waals surface area contributed by atoms with Crippen LogP contribution in [-0.2, 0) is 19.2 Å². The van der Waals surface area contributed by atoms with Crippen LogP contribution >= 0.6 is 0 Å². The maximum atomic E-state index is 14.3. The van der Waals surface area contributed by atoms with Gasteiger partial charge in [0, 0.05) is 25.5 Å². The number of amides is 6. The van der Waals surface area contributed by atoms with E-state index in [-0.39, 0.29) is 42.3 Å². The number of urea groups is 1. The largest absolute Gasteiger partial charge is 0.363 e. The minimum atomic E-state index is -1.11. The summed E-state index contributed by atoms with van der Waals surface area (Å²) >= 11 is 0. The van der Waals surface area contributed by atoms with E-state index in [1.807, 2.05) is 55.4 Å². The third-order valence-corrected chi connectivity index (χ3v) is 9.02. The molecule has 0 bridgehead atoms.